The minimum Gasteiger partial charge on any atom is -0.329 e. The van der Waals surface area contributed by atoms with Crippen molar-refractivity contribution in [1.82, 2.24) is 4.90 Å². The molecule has 114 valence electrons. The van der Waals surface area contributed by atoms with Crippen LogP contribution in [0.1, 0.15) is 51.1 Å². The molecule has 0 aliphatic rings. The van der Waals surface area contributed by atoms with Gasteiger partial charge in [0.05, 0.1) is 5.02 Å². The van der Waals surface area contributed by atoms with Crippen LogP contribution in [0, 0.1) is 5.82 Å². The molecule has 0 heterocycles. The molecule has 1 unspecified atom stereocenters. The summed E-state index contributed by atoms with van der Waals surface area (Å²) in [6.07, 6.45) is 4.57. The highest BCUT2D eigenvalue weighted by Crippen LogP contribution is 2.24. The number of benzene rings is 1. The molecule has 20 heavy (non-hydrogen) atoms. The Kier molecular flexibility index (Phi) is 8.12. The molecule has 0 saturated carbocycles. The summed E-state index contributed by atoms with van der Waals surface area (Å²) < 4.78 is 13.7. The fraction of sp³-hybridized carbons (Fsp3) is 0.625. The van der Waals surface area contributed by atoms with Crippen LogP contribution < -0.4 is 5.73 Å². The van der Waals surface area contributed by atoms with Crippen molar-refractivity contribution in [2.24, 2.45) is 5.73 Å². The number of rotatable bonds is 9. The molecule has 0 aliphatic heterocycles. The van der Waals surface area contributed by atoms with Crippen LogP contribution in [0.3, 0.4) is 0 Å². The van der Waals surface area contributed by atoms with E-state index >= 15 is 0 Å². The summed E-state index contributed by atoms with van der Waals surface area (Å²) in [5.41, 5.74) is 6.86. The third-order valence-corrected chi connectivity index (χ3v) is 3.90. The molecule has 1 atom stereocenters. The van der Waals surface area contributed by atoms with Crippen molar-refractivity contribution in [2.75, 3.05) is 19.6 Å². The maximum Gasteiger partial charge on any atom is 0.142 e. The van der Waals surface area contributed by atoms with Crippen molar-refractivity contribution in [3.8, 4) is 0 Å². The smallest absolute Gasteiger partial charge is 0.142 e. The molecule has 1 aromatic carbocycles. The highest BCUT2D eigenvalue weighted by atomic mass is 35.5. The first-order valence-electron chi connectivity index (χ1n) is 7.53. The Bertz CT molecular complexity index is 390. The van der Waals surface area contributed by atoms with Crippen LogP contribution >= 0.6 is 11.6 Å². The van der Waals surface area contributed by atoms with Crippen molar-refractivity contribution in [2.45, 2.75) is 45.6 Å². The van der Waals surface area contributed by atoms with Crippen LogP contribution in [0.25, 0.3) is 0 Å². The van der Waals surface area contributed by atoms with Gasteiger partial charge in [0.15, 0.2) is 0 Å². The molecule has 1 aromatic rings. The van der Waals surface area contributed by atoms with E-state index in [1.165, 1.54) is 6.07 Å². The summed E-state index contributed by atoms with van der Waals surface area (Å²) in [6.45, 7) is 6.86. The fourth-order valence-electron chi connectivity index (χ4n) is 2.36. The molecule has 0 aliphatic carbocycles. The molecule has 0 amide bonds. The lowest BCUT2D eigenvalue weighted by Crippen LogP contribution is -2.35. The lowest BCUT2D eigenvalue weighted by Gasteiger charge is -2.31. The van der Waals surface area contributed by atoms with Crippen molar-refractivity contribution >= 4 is 11.6 Å². The van der Waals surface area contributed by atoms with Crippen LogP contribution in [0.15, 0.2) is 18.2 Å². The molecule has 0 bridgehead atoms. The lowest BCUT2D eigenvalue weighted by molar-refractivity contribution is 0.195. The zero-order valence-corrected chi connectivity index (χ0v) is 13.3. The number of hydrogen-bond donors (Lipinski definition) is 1. The Hall–Kier alpha value is -0.640. The van der Waals surface area contributed by atoms with Gasteiger partial charge in [-0.15, -0.1) is 0 Å². The maximum absolute atomic E-state index is 13.7. The van der Waals surface area contributed by atoms with Gasteiger partial charge in [-0.05, 0) is 43.6 Å². The summed E-state index contributed by atoms with van der Waals surface area (Å²) >= 11 is 5.76. The quantitative estimate of drug-likeness (QED) is 0.733. The van der Waals surface area contributed by atoms with E-state index in [0.29, 0.717) is 6.54 Å². The zero-order chi connectivity index (χ0) is 15.0. The number of unbranched alkanes of at least 4 members (excludes halogenated alkanes) is 2. The van der Waals surface area contributed by atoms with E-state index < -0.39 is 0 Å². The molecule has 0 radical (unpaired) electrons. The van der Waals surface area contributed by atoms with E-state index in [2.05, 4.69) is 18.7 Å². The molecule has 0 aromatic heterocycles. The van der Waals surface area contributed by atoms with Gasteiger partial charge in [0, 0.05) is 12.6 Å². The average molecular weight is 301 g/mol. The summed E-state index contributed by atoms with van der Waals surface area (Å²) in [7, 11) is 0. The summed E-state index contributed by atoms with van der Waals surface area (Å²) in [5.74, 6) is -0.367. The number of hydrogen-bond acceptors (Lipinski definition) is 2. The van der Waals surface area contributed by atoms with Gasteiger partial charge < -0.3 is 5.73 Å². The predicted molar refractivity (Wildman–Crippen MR) is 84.6 cm³/mol. The number of halogens is 2. The van der Waals surface area contributed by atoms with Crippen molar-refractivity contribution < 1.29 is 4.39 Å². The zero-order valence-electron chi connectivity index (χ0n) is 12.5. The summed E-state index contributed by atoms with van der Waals surface area (Å²) in [4.78, 5) is 2.37. The molecule has 2 nitrogen and oxygen atoms in total. The third-order valence-electron chi connectivity index (χ3n) is 3.59. The first-order valence-corrected chi connectivity index (χ1v) is 7.90. The molecule has 4 heteroatoms. The van der Waals surface area contributed by atoms with Crippen LogP contribution in [-0.2, 0) is 0 Å². The van der Waals surface area contributed by atoms with Crippen LogP contribution in [0.5, 0.6) is 0 Å². The SMILES string of the molecule is CCCCN(CCCC)C(CN)c1ccc(Cl)c(F)c1. The Morgan fingerprint density at radius 2 is 1.80 bits per heavy atom. The van der Waals surface area contributed by atoms with Gasteiger partial charge in [-0.25, -0.2) is 4.39 Å². The predicted octanol–water partition coefficient (Wildman–Crippen LogP) is 4.38. The van der Waals surface area contributed by atoms with Gasteiger partial charge >= 0.3 is 0 Å². The minimum absolute atomic E-state index is 0.0693. The molecular formula is C16H26ClFN2. The normalized spacial score (nSPS) is 12.9. The van der Waals surface area contributed by atoms with E-state index in [0.717, 1.165) is 44.3 Å². The van der Waals surface area contributed by atoms with E-state index in [4.69, 9.17) is 17.3 Å². The number of nitrogens with zero attached hydrogens (tertiary/aromatic N) is 1. The van der Waals surface area contributed by atoms with Gasteiger partial charge in [0.25, 0.3) is 0 Å². The second-order valence-electron chi connectivity index (χ2n) is 5.17. The Labute approximate surface area is 127 Å². The maximum atomic E-state index is 13.7. The molecular weight excluding hydrogens is 275 g/mol. The van der Waals surface area contributed by atoms with Crippen LogP contribution in [0.2, 0.25) is 5.02 Å². The first kappa shape index (κ1) is 17.4. The van der Waals surface area contributed by atoms with Crippen LogP contribution in [0.4, 0.5) is 4.39 Å². The van der Waals surface area contributed by atoms with Gasteiger partial charge in [-0.1, -0.05) is 44.4 Å². The highest BCUT2D eigenvalue weighted by Gasteiger charge is 2.19. The monoisotopic (exact) mass is 300 g/mol. The second kappa shape index (κ2) is 9.32. The molecule has 2 N–H and O–H groups in total. The van der Waals surface area contributed by atoms with Crippen molar-refractivity contribution in [3.05, 3.63) is 34.6 Å². The molecule has 0 fully saturated rings. The molecule has 1 rings (SSSR count). The topological polar surface area (TPSA) is 29.3 Å². The second-order valence-corrected chi connectivity index (χ2v) is 5.58. The van der Waals surface area contributed by atoms with E-state index in [9.17, 15) is 4.39 Å². The average Bonchev–Trinajstić information content (AvgIpc) is 2.45. The van der Waals surface area contributed by atoms with E-state index in [1.807, 2.05) is 6.07 Å². The molecule has 0 spiro atoms. The van der Waals surface area contributed by atoms with Crippen molar-refractivity contribution in [1.29, 1.82) is 0 Å². The van der Waals surface area contributed by atoms with Gasteiger partial charge in [-0.3, -0.25) is 4.90 Å². The summed E-state index contributed by atoms with van der Waals surface area (Å²) in [6, 6.07) is 5.09. The minimum atomic E-state index is -0.367. The highest BCUT2D eigenvalue weighted by molar-refractivity contribution is 6.30. The van der Waals surface area contributed by atoms with E-state index in [-0.39, 0.29) is 16.9 Å². The Balaban J connectivity index is 2.88. The number of nitrogens with two attached hydrogens (primary N) is 1. The van der Waals surface area contributed by atoms with Gasteiger partial charge in [0.1, 0.15) is 5.82 Å². The summed E-state index contributed by atoms with van der Waals surface area (Å²) in [5, 5.41) is 0.165. The Morgan fingerprint density at radius 3 is 2.25 bits per heavy atom. The van der Waals surface area contributed by atoms with Crippen molar-refractivity contribution in [3.63, 3.8) is 0 Å². The van der Waals surface area contributed by atoms with E-state index in [1.54, 1.807) is 6.07 Å². The fourth-order valence-corrected chi connectivity index (χ4v) is 2.48. The first-order chi connectivity index (χ1) is 9.63. The standard InChI is InChI=1S/C16H26ClFN2/c1-3-5-9-20(10-6-4-2)16(12-19)13-7-8-14(17)15(18)11-13/h7-8,11,16H,3-6,9-10,12,19H2,1-2H3. The lowest BCUT2D eigenvalue weighted by atomic mass is 10.0. The molecule has 0 saturated heterocycles. The largest absolute Gasteiger partial charge is 0.329 e. The van der Waals surface area contributed by atoms with Crippen LogP contribution in [-0.4, -0.2) is 24.5 Å². The third kappa shape index (κ3) is 5.04. The van der Waals surface area contributed by atoms with Gasteiger partial charge in [-0.2, -0.15) is 0 Å². The van der Waals surface area contributed by atoms with Gasteiger partial charge in [0.2, 0.25) is 0 Å². The Morgan fingerprint density at radius 1 is 1.20 bits per heavy atom.